The highest BCUT2D eigenvalue weighted by atomic mass is 32.2. The number of thiophene rings is 2. The number of rotatable bonds is 2. The van der Waals surface area contributed by atoms with Gasteiger partial charge in [0, 0.05) is 9.60 Å². The highest BCUT2D eigenvalue weighted by molar-refractivity contribution is 7.99. The second kappa shape index (κ2) is 4.20. The van der Waals surface area contributed by atoms with Crippen LogP contribution in [-0.4, -0.2) is 0 Å². The van der Waals surface area contributed by atoms with Crippen LogP contribution >= 0.6 is 34.4 Å². The van der Waals surface area contributed by atoms with Crippen molar-refractivity contribution in [2.75, 3.05) is 0 Å². The molecule has 16 heavy (non-hydrogen) atoms. The van der Waals surface area contributed by atoms with Crippen molar-refractivity contribution >= 4 is 43.8 Å². The molecular formula is C12H7FS3. The summed E-state index contributed by atoms with van der Waals surface area (Å²) in [5.74, 6) is 0. The molecular weight excluding hydrogens is 259 g/mol. The van der Waals surface area contributed by atoms with Crippen molar-refractivity contribution in [3.8, 4) is 0 Å². The van der Waals surface area contributed by atoms with E-state index in [9.17, 15) is 4.39 Å². The lowest BCUT2D eigenvalue weighted by Gasteiger charge is -1.98. The molecule has 0 bridgehead atoms. The van der Waals surface area contributed by atoms with E-state index in [1.807, 2.05) is 41.8 Å². The molecule has 80 valence electrons. The van der Waals surface area contributed by atoms with Gasteiger partial charge in [0.25, 0.3) is 0 Å². The Hall–Kier alpha value is -0.840. The third kappa shape index (κ3) is 1.77. The number of fused-ring (bicyclic) bond motifs is 1. The SMILES string of the molecule is Fc1sc2ccsc2c1Sc1ccccc1. The summed E-state index contributed by atoms with van der Waals surface area (Å²) >= 11 is 4.33. The van der Waals surface area contributed by atoms with E-state index in [0.717, 1.165) is 19.2 Å². The van der Waals surface area contributed by atoms with E-state index in [1.165, 1.54) is 23.1 Å². The van der Waals surface area contributed by atoms with E-state index in [4.69, 9.17) is 0 Å². The van der Waals surface area contributed by atoms with Crippen molar-refractivity contribution in [2.24, 2.45) is 0 Å². The van der Waals surface area contributed by atoms with Crippen LogP contribution in [0, 0.1) is 5.13 Å². The zero-order valence-electron chi connectivity index (χ0n) is 8.14. The van der Waals surface area contributed by atoms with Crippen LogP contribution in [-0.2, 0) is 0 Å². The fraction of sp³-hybridized carbons (Fsp3) is 0. The zero-order valence-corrected chi connectivity index (χ0v) is 10.6. The number of halogens is 1. The molecule has 0 N–H and O–H groups in total. The molecule has 0 aliphatic heterocycles. The van der Waals surface area contributed by atoms with E-state index >= 15 is 0 Å². The molecule has 3 aromatic rings. The second-order valence-electron chi connectivity index (χ2n) is 3.23. The van der Waals surface area contributed by atoms with Crippen LogP contribution in [0.15, 0.2) is 51.6 Å². The minimum absolute atomic E-state index is 0.0734. The van der Waals surface area contributed by atoms with Gasteiger partial charge in [0.05, 0.1) is 9.60 Å². The summed E-state index contributed by atoms with van der Waals surface area (Å²) in [6.07, 6.45) is 0. The maximum Gasteiger partial charge on any atom is 0.192 e. The first kappa shape index (κ1) is 10.3. The molecule has 0 saturated carbocycles. The summed E-state index contributed by atoms with van der Waals surface area (Å²) in [4.78, 5) is 1.84. The Kier molecular flexibility index (Phi) is 2.71. The highest BCUT2D eigenvalue weighted by Gasteiger charge is 2.14. The highest BCUT2D eigenvalue weighted by Crippen LogP contribution is 2.42. The van der Waals surface area contributed by atoms with E-state index < -0.39 is 0 Å². The van der Waals surface area contributed by atoms with Crippen LogP contribution in [0.2, 0.25) is 0 Å². The van der Waals surface area contributed by atoms with E-state index in [0.29, 0.717) is 0 Å². The Morgan fingerprint density at radius 3 is 2.69 bits per heavy atom. The molecule has 0 saturated heterocycles. The van der Waals surface area contributed by atoms with Crippen molar-refractivity contribution in [3.05, 3.63) is 46.9 Å². The average molecular weight is 266 g/mol. The zero-order chi connectivity index (χ0) is 11.0. The van der Waals surface area contributed by atoms with Crippen LogP contribution in [0.4, 0.5) is 4.39 Å². The standard InChI is InChI=1S/C12H7FS3/c13-12-11(10-9(16-12)6-7-14-10)15-8-4-2-1-3-5-8/h1-7H. The first-order valence-corrected chi connectivity index (χ1v) is 7.24. The van der Waals surface area contributed by atoms with Crippen molar-refractivity contribution in [2.45, 2.75) is 9.79 Å². The number of benzene rings is 1. The van der Waals surface area contributed by atoms with E-state index in [2.05, 4.69) is 0 Å². The fourth-order valence-electron chi connectivity index (χ4n) is 1.47. The molecule has 2 aromatic heterocycles. The maximum absolute atomic E-state index is 13.7. The number of hydrogen-bond acceptors (Lipinski definition) is 3. The minimum atomic E-state index is -0.0734. The molecule has 0 fully saturated rings. The topological polar surface area (TPSA) is 0 Å². The summed E-state index contributed by atoms with van der Waals surface area (Å²) in [6.45, 7) is 0. The van der Waals surface area contributed by atoms with Crippen LogP contribution in [0.3, 0.4) is 0 Å². The molecule has 0 atom stereocenters. The lowest BCUT2D eigenvalue weighted by molar-refractivity contribution is 0.636. The summed E-state index contributed by atoms with van der Waals surface area (Å²) in [5.41, 5.74) is 0. The molecule has 0 nitrogen and oxygen atoms in total. The van der Waals surface area contributed by atoms with Gasteiger partial charge in [-0.3, -0.25) is 0 Å². The van der Waals surface area contributed by atoms with Crippen LogP contribution in [0.1, 0.15) is 0 Å². The largest absolute Gasteiger partial charge is 0.194 e. The quantitative estimate of drug-likeness (QED) is 0.610. The van der Waals surface area contributed by atoms with Gasteiger partial charge >= 0.3 is 0 Å². The third-order valence-corrected chi connectivity index (χ3v) is 5.53. The van der Waals surface area contributed by atoms with Crippen molar-refractivity contribution in [1.82, 2.24) is 0 Å². The smallest absolute Gasteiger partial charge is 0.192 e. The van der Waals surface area contributed by atoms with Gasteiger partial charge in [0.15, 0.2) is 5.13 Å². The Morgan fingerprint density at radius 1 is 1.06 bits per heavy atom. The Morgan fingerprint density at radius 2 is 1.88 bits per heavy atom. The molecule has 0 aliphatic carbocycles. The fourth-order valence-corrected chi connectivity index (χ4v) is 4.72. The molecule has 3 rings (SSSR count). The Bertz CT molecular complexity index is 610. The molecule has 2 heterocycles. The van der Waals surface area contributed by atoms with Crippen LogP contribution in [0.5, 0.6) is 0 Å². The van der Waals surface area contributed by atoms with Gasteiger partial charge in [0.1, 0.15) is 0 Å². The first-order chi connectivity index (χ1) is 7.84. The van der Waals surface area contributed by atoms with Gasteiger partial charge in [0.2, 0.25) is 0 Å². The molecule has 4 heteroatoms. The summed E-state index contributed by atoms with van der Waals surface area (Å²) in [6, 6.07) is 11.9. The van der Waals surface area contributed by atoms with Crippen LogP contribution < -0.4 is 0 Å². The van der Waals surface area contributed by atoms with Gasteiger partial charge in [-0.25, -0.2) is 0 Å². The summed E-state index contributed by atoms with van der Waals surface area (Å²) < 4.78 is 15.8. The molecule has 0 aliphatic rings. The molecule has 1 aromatic carbocycles. The molecule has 0 amide bonds. The maximum atomic E-state index is 13.7. The van der Waals surface area contributed by atoms with E-state index in [1.54, 1.807) is 11.3 Å². The summed E-state index contributed by atoms with van der Waals surface area (Å²) in [7, 11) is 0. The second-order valence-corrected chi connectivity index (χ2v) is 6.24. The van der Waals surface area contributed by atoms with Gasteiger partial charge < -0.3 is 0 Å². The van der Waals surface area contributed by atoms with Gasteiger partial charge in [-0.2, -0.15) is 4.39 Å². The van der Waals surface area contributed by atoms with Gasteiger partial charge in [-0.15, -0.1) is 22.7 Å². The normalized spacial score (nSPS) is 11.1. The van der Waals surface area contributed by atoms with Crippen LogP contribution in [0.25, 0.3) is 9.40 Å². The molecule has 0 spiro atoms. The van der Waals surface area contributed by atoms with E-state index in [-0.39, 0.29) is 5.13 Å². The predicted octanol–water partition coefficient (Wildman–Crippen LogP) is 5.25. The van der Waals surface area contributed by atoms with Gasteiger partial charge in [-0.1, -0.05) is 30.0 Å². The molecule has 0 radical (unpaired) electrons. The average Bonchev–Trinajstić information content (AvgIpc) is 2.84. The van der Waals surface area contributed by atoms with Crippen molar-refractivity contribution in [1.29, 1.82) is 0 Å². The predicted molar refractivity (Wildman–Crippen MR) is 70.2 cm³/mol. The monoisotopic (exact) mass is 266 g/mol. The van der Waals surface area contributed by atoms with Crippen molar-refractivity contribution < 1.29 is 4.39 Å². The van der Waals surface area contributed by atoms with Gasteiger partial charge in [-0.05, 0) is 23.6 Å². The van der Waals surface area contributed by atoms with Crippen molar-refractivity contribution in [3.63, 3.8) is 0 Å². The lowest BCUT2D eigenvalue weighted by Crippen LogP contribution is -1.72. The third-order valence-electron chi connectivity index (χ3n) is 2.18. The Balaban J connectivity index is 2.06. The first-order valence-electron chi connectivity index (χ1n) is 4.73. The summed E-state index contributed by atoms with van der Waals surface area (Å²) in [5, 5.41) is 1.94. The lowest BCUT2D eigenvalue weighted by atomic mass is 10.4. The number of hydrogen-bond donors (Lipinski definition) is 0. The minimum Gasteiger partial charge on any atom is -0.194 e. The Labute approximate surface area is 105 Å². The molecule has 0 unspecified atom stereocenters.